The molecule has 0 aliphatic carbocycles. The molecule has 1 fully saturated rings. The second-order valence-electron chi connectivity index (χ2n) is 7.41. The largest absolute Gasteiger partial charge is 0.467 e. The zero-order chi connectivity index (χ0) is 19.5. The molecule has 2 aliphatic rings. The predicted octanol–water partition coefficient (Wildman–Crippen LogP) is 3.68. The maximum atomic E-state index is 13.0. The molecule has 6 nitrogen and oxygen atoms in total. The number of nitrogens with one attached hydrogen (secondary N) is 1. The number of anilines is 1. The number of benzene rings is 2. The van der Waals surface area contributed by atoms with Crippen LogP contribution in [0.15, 0.2) is 42.5 Å². The maximum absolute atomic E-state index is 13.0. The number of ether oxygens (including phenoxy) is 2. The first-order valence-electron chi connectivity index (χ1n) is 9.65. The highest BCUT2D eigenvalue weighted by molar-refractivity contribution is 6.09. The number of amides is 2. The predicted molar refractivity (Wildman–Crippen MR) is 105 cm³/mol. The van der Waals surface area contributed by atoms with Crippen LogP contribution >= 0.6 is 0 Å². The maximum Gasteiger partial charge on any atom is 0.255 e. The third-order valence-electron chi connectivity index (χ3n) is 5.35. The minimum Gasteiger partial charge on any atom is -0.467 e. The summed E-state index contributed by atoms with van der Waals surface area (Å²) in [5, 5.41) is 2.89. The van der Waals surface area contributed by atoms with Crippen molar-refractivity contribution in [1.82, 2.24) is 4.90 Å². The van der Waals surface area contributed by atoms with E-state index in [0.717, 1.165) is 37.2 Å². The standard InChI is InChI=1S/C22H24N2O4/c1-15-8-10-24(11-9-15)22(26)18-4-2-3-5-19(18)23-21(25)16-6-7-20-17(12-16)13-27-14-28-20/h2-7,12,15H,8-11,13-14H2,1H3,(H,23,25). The summed E-state index contributed by atoms with van der Waals surface area (Å²) in [6.07, 6.45) is 2.03. The third-order valence-corrected chi connectivity index (χ3v) is 5.35. The minimum absolute atomic E-state index is 0.0324. The molecule has 28 heavy (non-hydrogen) atoms. The third kappa shape index (κ3) is 3.87. The van der Waals surface area contributed by atoms with E-state index in [1.54, 1.807) is 30.3 Å². The number of nitrogens with zero attached hydrogens (tertiary/aromatic N) is 1. The van der Waals surface area contributed by atoms with Crippen molar-refractivity contribution >= 4 is 17.5 Å². The van der Waals surface area contributed by atoms with Gasteiger partial charge in [-0.1, -0.05) is 19.1 Å². The Hall–Kier alpha value is -2.86. The normalized spacial score (nSPS) is 16.8. The molecule has 0 spiro atoms. The molecule has 0 radical (unpaired) electrons. The van der Waals surface area contributed by atoms with Gasteiger partial charge in [-0.05, 0) is 49.1 Å². The van der Waals surface area contributed by atoms with Gasteiger partial charge in [0.2, 0.25) is 0 Å². The van der Waals surface area contributed by atoms with E-state index in [4.69, 9.17) is 9.47 Å². The van der Waals surface area contributed by atoms with Gasteiger partial charge in [0, 0.05) is 24.2 Å². The first-order chi connectivity index (χ1) is 13.6. The van der Waals surface area contributed by atoms with Crippen LogP contribution in [-0.4, -0.2) is 36.6 Å². The molecule has 1 N–H and O–H groups in total. The Labute approximate surface area is 164 Å². The molecular weight excluding hydrogens is 356 g/mol. The molecule has 146 valence electrons. The summed E-state index contributed by atoms with van der Waals surface area (Å²) in [4.78, 5) is 27.6. The van der Waals surface area contributed by atoms with Gasteiger partial charge in [0.1, 0.15) is 5.75 Å². The van der Waals surface area contributed by atoms with E-state index >= 15 is 0 Å². The first kappa shape index (κ1) is 18.5. The Morgan fingerprint density at radius 2 is 1.89 bits per heavy atom. The molecule has 1 saturated heterocycles. The Bertz CT molecular complexity index is 888. The highest BCUT2D eigenvalue weighted by atomic mass is 16.7. The van der Waals surface area contributed by atoms with E-state index in [1.165, 1.54) is 0 Å². The second kappa shape index (κ2) is 8.02. The van der Waals surface area contributed by atoms with Crippen LogP contribution in [-0.2, 0) is 11.3 Å². The highest BCUT2D eigenvalue weighted by Gasteiger charge is 2.24. The SMILES string of the molecule is CC1CCN(C(=O)c2ccccc2NC(=O)c2ccc3c(c2)COCO3)CC1. The lowest BCUT2D eigenvalue weighted by Gasteiger charge is -2.30. The number of fused-ring (bicyclic) bond motifs is 1. The fourth-order valence-electron chi connectivity index (χ4n) is 3.59. The lowest BCUT2D eigenvalue weighted by atomic mass is 9.98. The Balaban J connectivity index is 1.52. The number of likely N-dealkylation sites (tertiary alicyclic amines) is 1. The lowest BCUT2D eigenvalue weighted by Crippen LogP contribution is -2.38. The number of para-hydroxylation sites is 1. The zero-order valence-electron chi connectivity index (χ0n) is 15.9. The fraction of sp³-hybridized carbons (Fsp3) is 0.364. The van der Waals surface area contributed by atoms with Crippen molar-refractivity contribution in [2.24, 2.45) is 5.92 Å². The molecule has 0 saturated carbocycles. The van der Waals surface area contributed by atoms with Gasteiger partial charge in [0.25, 0.3) is 11.8 Å². The van der Waals surface area contributed by atoms with Crippen LogP contribution in [0.4, 0.5) is 5.69 Å². The quantitative estimate of drug-likeness (QED) is 0.882. The molecule has 2 amide bonds. The van der Waals surface area contributed by atoms with Crippen molar-refractivity contribution in [3.63, 3.8) is 0 Å². The Kier molecular flexibility index (Phi) is 5.30. The van der Waals surface area contributed by atoms with Crippen molar-refractivity contribution in [3.8, 4) is 5.75 Å². The van der Waals surface area contributed by atoms with Crippen molar-refractivity contribution < 1.29 is 19.1 Å². The highest BCUT2D eigenvalue weighted by Crippen LogP contribution is 2.26. The van der Waals surface area contributed by atoms with Gasteiger partial charge in [0.15, 0.2) is 6.79 Å². The molecule has 0 atom stereocenters. The molecule has 2 aromatic rings. The number of hydrogen-bond donors (Lipinski definition) is 1. The summed E-state index contributed by atoms with van der Waals surface area (Å²) >= 11 is 0. The average Bonchev–Trinajstić information content (AvgIpc) is 2.74. The number of piperidine rings is 1. The zero-order valence-corrected chi connectivity index (χ0v) is 15.9. The average molecular weight is 380 g/mol. The summed E-state index contributed by atoms with van der Waals surface area (Å²) in [6, 6.07) is 12.4. The topological polar surface area (TPSA) is 67.9 Å². The molecule has 2 aromatic carbocycles. The van der Waals surface area contributed by atoms with E-state index in [2.05, 4.69) is 12.2 Å². The summed E-state index contributed by atoms with van der Waals surface area (Å²) in [6.45, 7) is 4.37. The van der Waals surface area contributed by atoms with E-state index in [0.29, 0.717) is 29.3 Å². The number of rotatable bonds is 3. The molecule has 6 heteroatoms. The number of carbonyl (C=O) groups excluding carboxylic acids is 2. The summed E-state index contributed by atoms with van der Waals surface area (Å²) in [5.74, 6) is 1.09. The second-order valence-corrected chi connectivity index (χ2v) is 7.41. The summed E-state index contributed by atoms with van der Waals surface area (Å²) in [7, 11) is 0. The fourth-order valence-corrected chi connectivity index (χ4v) is 3.59. The van der Waals surface area contributed by atoms with Crippen LogP contribution in [0, 0.1) is 5.92 Å². The minimum atomic E-state index is -0.263. The molecule has 2 heterocycles. The van der Waals surface area contributed by atoms with E-state index in [1.807, 2.05) is 17.0 Å². The summed E-state index contributed by atoms with van der Waals surface area (Å²) < 4.78 is 10.7. The molecule has 0 unspecified atom stereocenters. The van der Waals surface area contributed by atoms with Gasteiger partial charge < -0.3 is 19.7 Å². The van der Waals surface area contributed by atoms with E-state index < -0.39 is 0 Å². The Morgan fingerprint density at radius 1 is 1.11 bits per heavy atom. The van der Waals surface area contributed by atoms with E-state index in [-0.39, 0.29) is 18.6 Å². The number of carbonyl (C=O) groups is 2. The van der Waals surface area contributed by atoms with Gasteiger partial charge in [-0.2, -0.15) is 0 Å². The van der Waals surface area contributed by atoms with Crippen molar-refractivity contribution in [3.05, 3.63) is 59.2 Å². The lowest BCUT2D eigenvalue weighted by molar-refractivity contribution is -0.0163. The van der Waals surface area contributed by atoms with Crippen LogP contribution in [0.25, 0.3) is 0 Å². The molecule has 0 bridgehead atoms. The van der Waals surface area contributed by atoms with Gasteiger partial charge in [-0.25, -0.2) is 0 Å². The van der Waals surface area contributed by atoms with Crippen molar-refractivity contribution in [2.75, 3.05) is 25.2 Å². The van der Waals surface area contributed by atoms with Crippen LogP contribution in [0.5, 0.6) is 5.75 Å². The van der Waals surface area contributed by atoms with Crippen molar-refractivity contribution in [1.29, 1.82) is 0 Å². The van der Waals surface area contributed by atoms with Crippen LogP contribution < -0.4 is 10.1 Å². The monoisotopic (exact) mass is 380 g/mol. The van der Waals surface area contributed by atoms with Crippen LogP contribution in [0.1, 0.15) is 46.0 Å². The Morgan fingerprint density at radius 3 is 2.71 bits per heavy atom. The first-order valence-corrected chi connectivity index (χ1v) is 9.65. The molecular formula is C22H24N2O4. The van der Waals surface area contributed by atoms with Gasteiger partial charge in [-0.3, -0.25) is 9.59 Å². The smallest absolute Gasteiger partial charge is 0.255 e. The van der Waals surface area contributed by atoms with Gasteiger partial charge >= 0.3 is 0 Å². The van der Waals surface area contributed by atoms with Crippen LogP contribution in [0.3, 0.4) is 0 Å². The molecule has 0 aromatic heterocycles. The summed E-state index contributed by atoms with van der Waals surface area (Å²) in [5.41, 5.74) is 2.39. The molecule has 4 rings (SSSR count). The van der Waals surface area contributed by atoms with Gasteiger partial charge in [0.05, 0.1) is 17.9 Å². The molecule has 2 aliphatic heterocycles. The van der Waals surface area contributed by atoms with E-state index in [9.17, 15) is 9.59 Å². The van der Waals surface area contributed by atoms with Crippen molar-refractivity contribution in [2.45, 2.75) is 26.4 Å². The van der Waals surface area contributed by atoms with Gasteiger partial charge in [-0.15, -0.1) is 0 Å². The number of hydrogen-bond acceptors (Lipinski definition) is 4. The van der Waals surface area contributed by atoms with Crippen LogP contribution in [0.2, 0.25) is 0 Å².